The van der Waals surface area contributed by atoms with Crippen molar-refractivity contribution in [1.29, 1.82) is 5.26 Å². The summed E-state index contributed by atoms with van der Waals surface area (Å²) in [4.78, 5) is 18.9. The minimum absolute atomic E-state index is 0.0579. The number of hydrogen-bond donors (Lipinski definition) is 0. The standard InChI is InChI=1S/C21H19N3O3S/c1-3-24(21-23-16-6-4-5-7-19(16)28-21)20(25)11-9-15-8-10-17(27-13-12-22)18(14-15)26-2/h4-11,14H,3,13H2,1-2H3/b11-9+. The lowest BCUT2D eigenvalue weighted by molar-refractivity contribution is -0.114. The van der Waals surface area contributed by atoms with E-state index >= 15 is 0 Å². The Labute approximate surface area is 167 Å². The summed E-state index contributed by atoms with van der Waals surface area (Å²) in [5.41, 5.74) is 1.67. The number of aromatic nitrogens is 1. The first-order valence-electron chi connectivity index (χ1n) is 8.69. The van der Waals surface area contributed by atoms with Gasteiger partial charge >= 0.3 is 0 Å². The van der Waals surface area contributed by atoms with Crippen molar-refractivity contribution in [3.8, 4) is 17.6 Å². The number of hydrogen-bond acceptors (Lipinski definition) is 6. The molecule has 0 spiro atoms. The average Bonchev–Trinajstić information content (AvgIpc) is 3.15. The Bertz CT molecular complexity index is 1020. The normalized spacial score (nSPS) is 10.8. The highest BCUT2D eigenvalue weighted by Gasteiger charge is 2.15. The molecular formula is C21H19N3O3S. The van der Waals surface area contributed by atoms with Crippen LogP contribution in [0.4, 0.5) is 5.13 Å². The average molecular weight is 393 g/mol. The van der Waals surface area contributed by atoms with E-state index in [2.05, 4.69) is 4.98 Å². The largest absolute Gasteiger partial charge is 0.493 e. The quantitative estimate of drug-likeness (QED) is 0.560. The number of thiazole rings is 1. The third-order valence-electron chi connectivity index (χ3n) is 3.99. The van der Waals surface area contributed by atoms with Gasteiger partial charge in [-0.2, -0.15) is 5.26 Å². The van der Waals surface area contributed by atoms with Gasteiger partial charge in [0, 0.05) is 12.6 Å². The monoisotopic (exact) mass is 393 g/mol. The van der Waals surface area contributed by atoms with E-state index < -0.39 is 0 Å². The highest BCUT2D eigenvalue weighted by atomic mass is 32.1. The van der Waals surface area contributed by atoms with Crippen LogP contribution in [0.15, 0.2) is 48.5 Å². The Morgan fingerprint density at radius 1 is 1.29 bits per heavy atom. The molecule has 1 heterocycles. The lowest BCUT2D eigenvalue weighted by Crippen LogP contribution is -2.28. The first kappa shape index (κ1) is 19.4. The molecule has 0 N–H and O–H groups in total. The van der Waals surface area contributed by atoms with E-state index in [1.807, 2.05) is 37.3 Å². The molecule has 0 saturated heterocycles. The van der Waals surface area contributed by atoms with Crippen molar-refractivity contribution in [2.24, 2.45) is 0 Å². The number of likely N-dealkylation sites (N-methyl/N-ethyl adjacent to an activating group) is 1. The van der Waals surface area contributed by atoms with Crippen LogP contribution in [0, 0.1) is 11.3 Å². The second-order valence-corrected chi connectivity index (χ2v) is 6.75. The van der Waals surface area contributed by atoms with Crippen LogP contribution in [0.2, 0.25) is 0 Å². The molecule has 1 amide bonds. The number of nitriles is 1. The molecule has 1 aromatic heterocycles. The van der Waals surface area contributed by atoms with Gasteiger partial charge in [0.25, 0.3) is 5.91 Å². The summed E-state index contributed by atoms with van der Waals surface area (Å²) in [5, 5.41) is 9.31. The van der Waals surface area contributed by atoms with Crippen LogP contribution in [0.25, 0.3) is 16.3 Å². The van der Waals surface area contributed by atoms with Crippen LogP contribution in [0.1, 0.15) is 12.5 Å². The van der Waals surface area contributed by atoms with E-state index in [9.17, 15) is 4.79 Å². The van der Waals surface area contributed by atoms with E-state index in [1.54, 1.807) is 29.2 Å². The Hall–Kier alpha value is -3.37. The molecule has 7 heteroatoms. The Balaban J connectivity index is 1.78. The summed E-state index contributed by atoms with van der Waals surface area (Å²) < 4.78 is 11.6. The molecule has 3 aromatic rings. The van der Waals surface area contributed by atoms with E-state index in [1.165, 1.54) is 24.5 Å². The van der Waals surface area contributed by atoms with Crippen molar-refractivity contribution < 1.29 is 14.3 Å². The molecule has 0 aliphatic rings. The van der Waals surface area contributed by atoms with Gasteiger partial charge in [-0.3, -0.25) is 9.69 Å². The van der Waals surface area contributed by atoms with Crippen LogP contribution in [-0.2, 0) is 4.79 Å². The Kier molecular flexibility index (Phi) is 6.25. The second-order valence-electron chi connectivity index (χ2n) is 5.74. The van der Waals surface area contributed by atoms with E-state index in [0.717, 1.165) is 15.8 Å². The number of anilines is 1. The maximum Gasteiger partial charge on any atom is 0.252 e. The minimum Gasteiger partial charge on any atom is -0.493 e. The predicted molar refractivity (Wildman–Crippen MR) is 111 cm³/mol. The molecule has 0 atom stereocenters. The van der Waals surface area contributed by atoms with Gasteiger partial charge in [-0.1, -0.05) is 29.5 Å². The molecule has 142 valence electrons. The van der Waals surface area contributed by atoms with Crippen molar-refractivity contribution in [2.45, 2.75) is 6.92 Å². The number of carbonyl (C=O) groups is 1. The maximum atomic E-state index is 12.7. The summed E-state index contributed by atoms with van der Waals surface area (Å²) in [6.07, 6.45) is 3.23. The van der Waals surface area contributed by atoms with E-state index in [4.69, 9.17) is 14.7 Å². The van der Waals surface area contributed by atoms with Gasteiger partial charge in [-0.15, -0.1) is 0 Å². The Morgan fingerprint density at radius 3 is 2.82 bits per heavy atom. The second kappa shape index (κ2) is 9.02. The van der Waals surface area contributed by atoms with Crippen LogP contribution < -0.4 is 14.4 Å². The number of methoxy groups -OCH3 is 1. The fourth-order valence-corrected chi connectivity index (χ4v) is 3.67. The summed E-state index contributed by atoms with van der Waals surface area (Å²) >= 11 is 1.49. The number of carbonyl (C=O) groups excluding carboxylic acids is 1. The van der Waals surface area contributed by atoms with Gasteiger partial charge in [-0.25, -0.2) is 4.98 Å². The molecule has 0 saturated carbocycles. The van der Waals surface area contributed by atoms with Gasteiger partial charge < -0.3 is 9.47 Å². The molecule has 0 bridgehead atoms. The zero-order valence-electron chi connectivity index (χ0n) is 15.6. The van der Waals surface area contributed by atoms with Crippen molar-refractivity contribution in [3.05, 3.63) is 54.1 Å². The van der Waals surface area contributed by atoms with E-state index in [0.29, 0.717) is 23.2 Å². The van der Waals surface area contributed by atoms with Crippen LogP contribution >= 0.6 is 11.3 Å². The van der Waals surface area contributed by atoms with Crippen molar-refractivity contribution in [2.75, 3.05) is 25.2 Å². The minimum atomic E-state index is -0.148. The molecule has 2 aromatic carbocycles. The summed E-state index contributed by atoms with van der Waals surface area (Å²) in [6.45, 7) is 2.38. The van der Waals surface area contributed by atoms with Gasteiger partial charge in [-0.05, 0) is 42.8 Å². The van der Waals surface area contributed by atoms with Crippen molar-refractivity contribution in [1.82, 2.24) is 4.98 Å². The maximum absolute atomic E-state index is 12.7. The summed E-state index contributed by atoms with van der Waals surface area (Å²) in [5.74, 6) is 0.839. The van der Waals surface area contributed by atoms with Gasteiger partial charge in [0.15, 0.2) is 23.2 Å². The van der Waals surface area contributed by atoms with Crippen molar-refractivity contribution >= 4 is 38.7 Å². The lowest BCUT2D eigenvalue weighted by Gasteiger charge is -2.15. The fraction of sp³-hybridized carbons (Fsp3) is 0.190. The SMILES string of the molecule is CCN(C(=O)/C=C/c1ccc(OCC#N)c(OC)c1)c1nc2ccccc2s1. The number of fused-ring (bicyclic) bond motifs is 1. The topological polar surface area (TPSA) is 75.5 Å². The van der Waals surface area contributed by atoms with Crippen LogP contribution in [-0.4, -0.2) is 31.2 Å². The third-order valence-corrected chi connectivity index (χ3v) is 5.05. The molecule has 3 rings (SSSR count). The molecule has 28 heavy (non-hydrogen) atoms. The Morgan fingerprint density at radius 2 is 2.11 bits per heavy atom. The number of ether oxygens (including phenoxy) is 2. The molecule has 0 radical (unpaired) electrons. The number of para-hydroxylation sites is 1. The van der Waals surface area contributed by atoms with Gasteiger partial charge in [0.05, 0.1) is 17.3 Å². The third kappa shape index (κ3) is 4.30. The number of amides is 1. The summed E-state index contributed by atoms with van der Waals surface area (Å²) in [7, 11) is 1.53. The first-order valence-corrected chi connectivity index (χ1v) is 9.51. The van der Waals surface area contributed by atoms with E-state index in [-0.39, 0.29) is 12.5 Å². The number of benzene rings is 2. The lowest BCUT2D eigenvalue weighted by atomic mass is 10.2. The fourth-order valence-electron chi connectivity index (χ4n) is 2.64. The highest BCUT2D eigenvalue weighted by molar-refractivity contribution is 7.22. The molecule has 0 aliphatic carbocycles. The van der Waals surface area contributed by atoms with Crippen molar-refractivity contribution in [3.63, 3.8) is 0 Å². The first-order chi connectivity index (χ1) is 13.7. The van der Waals surface area contributed by atoms with Gasteiger partial charge in [0.2, 0.25) is 0 Å². The van der Waals surface area contributed by atoms with Crippen LogP contribution in [0.3, 0.4) is 0 Å². The number of nitrogens with zero attached hydrogens (tertiary/aromatic N) is 3. The zero-order valence-corrected chi connectivity index (χ0v) is 16.4. The molecule has 0 unspecified atom stereocenters. The molecular weight excluding hydrogens is 374 g/mol. The molecule has 0 fully saturated rings. The molecule has 0 aliphatic heterocycles. The highest BCUT2D eigenvalue weighted by Crippen LogP contribution is 2.30. The molecule has 6 nitrogen and oxygen atoms in total. The zero-order chi connectivity index (χ0) is 19.9. The van der Waals surface area contributed by atoms with Gasteiger partial charge in [0.1, 0.15) is 6.07 Å². The smallest absolute Gasteiger partial charge is 0.252 e. The number of rotatable bonds is 7. The van der Waals surface area contributed by atoms with Crippen LogP contribution in [0.5, 0.6) is 11.5 Å². The summed E-state index contributed by atoms with van der Waals surface area (Å²) in [6, 6.07) is 15.0. The predicted octanol–water partition coefficient (Wildman–Crippen LogP) is 4.27.